The molecule has 1 aliphatic heterocycles. The second-order valence-corrected chi connectivity index (χ2v) is 5.54. The standard InChI is InChI=1S/C12H14BrN3O3/c1-8(17)9-2-4-15(5-3-9)12-11(16(18)19)6-10(13)7-14-12/h6-7,9H,2-5H2,1H3. The maximum absolute atomic E-state index is 11.3. The molecule has 0 N–H and O–H groups in total. The van der Waals surface area contributed by atoms with Crippen molar-refractivity contribution in [3.8, 4) is 0 Å². The van der Waals surface area contributed by atoms with E-state index in [1.54, 1.807) is 13.1 Å². The smallest absolute Gasteiger partial charge is 0.312 e. The van der Waals surface area contributed by atoms with Gasteiger partial charge in [0.25, 0.3) is 0 Å². The normalized spacial score (nSPS) is 16.4. The molecule has 0 aliphatic carbocycles. The molecule has 1 fully saturated rings. The van der Waals surface area contributed by atoms with Crippen molar-refractivity contribution in [2.24, 2.45) is 5.92 Å². The molecule has 7 heteroatoms. The van der Waals surface area contributed by atoms with Gasteiger partial charge >= 0.3 is 5.69 Å². The Labute approximate surface area is 119 Å². The number of aromatic nitrogens is 1. The Kier molecular flexibility index (Phi) is 4.14. The number of carbonyl (C=O) groups is 1. The van der Waals surface area contributed by atoms with E-state index in [1.165, 1.54) is 6.07 Å². The van der Waals surface area contributed by atoms with Gasteiger partial charge in [-0.15, -0.1) is 0 Å². The predicted molar refractivity (Wildman–Crippen MR) is 74.2 cm³/mol. The third-order valence-electron chi connectivity index (χ3n) is 3.38. The zero-order valence-corrected chi connectivity index (χ0v) is 12.1. The lowest BCUT2D eigenvalue weighted by Gasteiger charge is -2.31. The molecule has 0 aromatic carbocycles. The molecular formula is C12H14BrN3O3. The van der Waals surface area contributed by atoms with Crippen molar-refractivity contribution in [2.45, 2.75) is 19.8 Å². The lowest BCUT2D eigenvalue weighted by atomic mass is 9.93. The van der Waals surface area contributed by atoms with Gasteiger partial charge < -0.3 is 4.90 Å². The molecule has 0 atom stereocenters. The van der Waals surface area contributed by atoms with E-state index in [0.717, 1.165) is 12.8 Å². The lowest BCUT2D eigenvalue weighted by Crippen LogP contribution is -2.36. The monoisotopic (exact) mass is 327 g/mol. The van der Waals surface area contributed by atoms with Crippen molar-refractivity contribution in [3.05, 3.63) is 26.9 Å². The summed E-state index contributed by atoms with van der Waals surface area (Å²) >= 11 is 3.19. The van der Waals surface area contributed by atoms with Crippen molar-refractivity contribution in [1.29, 1.82) is 0 Å². The molecule has 1 aliphatic rings. The summed E-state index contributed by atoms with van der Waals surface area (Å²) in [5, 5.41) is 11.1. The first kappa shape index (κ1) is 13.9. The fourth-order valence-corrected chi connectivity index (χ4v) is 2.62. The summed E-state index contributed by atoms with van der Waals surface area (Å²) < 4.78 is 0.585. The molecule has 1 aromatic heterocycles. The molecule has 0 bridgehead atoms. The number of Topliss-reactive ketones (excluding diaryl/α,β-unsaturated/α-hetero) is 1. The Hall–Kier alpha value is -1.50. The number of rotatable bonds is 3. The van der Waals surface area contributed by atoms with Gasteiger partial charge in [0, 0.05) is 35.7 Å². The van der Waals surface area contributed by atoms with Crippen LogP contribution in [0.2, 0.25) is 0 Å². The van der Waals surface area contributed by atoms with Crippen LogP contribution < -0.4 is 4.90 Å². The summed E-state index contributed by atoms with van der Waals surface area (Å²) in [6, 6.07) is 1.46. The van der Waals surface area contributed by atoms with Gasteiger partial charge in [0.1, 0.15) is 5.78 Å². The van der Waals surface area contributed by atoms with E-state index in [2.05, 4.69) is 20.9 Å². The van der Waals surface area contributed by atoms with Crippen LogP contribution in [0.1, 0.15) is 19.8 Å². The minimum atomic E-state index is -0.426. The molecule has 0 amide bonds. The highest BCUT2D eigenvalue weighted by Crippen LogP contribution is 2.31. The van der Waals surface area contributed by atoms with Gasteiger partial charge in [0.2, 0.25) is 5.82 Å². The summed E-state index contributed by atoms with van der Waals surface area (Å²) in [6.45, 7) is 2.85. The summed E-state index contributed by atoms with van der Waals surface area (Å²) in [7, 11) is 0. The Morgan fingerprint density at radius 3 is 2.68 bits per heavy atom. The number of piperidine rings is 1. The van der Waals surface area contributed by atoms with Gasteiger partial charge in [-0.3, -0.25) is 14.9 Å². The maximum atomic E-state index is 11.3. The summed E-state index contributed by atoms with van der Waals surface area (Å²) in [6.07, 6.45) is 3.01. The van der Waals surface area contributed by atoms with Gasteiger partial charge in [-0.05, 0) is 35.7 Å². The van der Waals surface area contributed by atoms with E-state index in [4.69, 9.17) is 0 Å². The van der Waals surface area contributed by atoms with Crippen LogP contribution in [-0.4, -0.2) is 28.8 Å². The highest BCUT2D eigenvalue weighted by molar-refractivity contribution is 9.10. The molecule has 6 nitrogen and oxygen atoms in total. The number of nitro groups is 1. The fourth-order valence-electron chi connectivity index (χ4n) is 2.30. The van der Waals surface area contributed by atoms with Gasteiger partial charge in [0.05, 0.1) is 4.92 Å². The van der Waals surface area contributed by atoms with Crippen LogP contribution in [-0.2, 0) is 4.79 Å². The predicted octanol–water partition coefficient (Wildman–Crippen LogP) is 2.56. The highest BCUT2D eigenvalue weighted by Gasteiger charge is 2.27. The zero-order chi connectivity index (χ0) is 14.0. The topological polar surface area (TPSA) is 76.3 Å². The van der Waals surface area contributed by atoms with E-state index in [9.17, 15) is 14.9 Å². The van der Waals surface area contributed by atoms with Crippen molar-refractivity contribution >= 4 is 33.2 Å². The summed E-state index contributed by atoms with van der Waals surface area (Å²) in [4.78, 5) is 28.0. The Bertz CT molecular complexity index is 513. The Morgan fingerprint density at radius 1 is 1.53 bits per heavy atom. The van der Waals surface area contributed by atoms with Crippen LogP contribution in [0, 0.1) is 16.0 Å². The van der Waals surface area contributed by atoms with E-state index in [1.807, 2.05) is 4.90 Å². The van der Waals surface area contributed by atoms with Gasteiger partial charge in [-0.25, -0.2) is 4.98 Å². The van der Waals surface area contributed by atoms with Crippen LogP contribution in [0.25, 0.3) is 0 Å². The Balaban J connectivity index is 2.20. The molecule has 2 heterocycles. The van der Waals surface area contributed by atoms with Crippen molar-refractivity contribution in [3.63, 3.8) is 0 Å². The second kappa shape index (κ2) is 5.64. The average molecular weight is 328 g/mol. The van der Waals surface area contributed by atoms with E-state index in [-0.39, 0.29) is 17.4 Å². The van der Waals surface area contributed by atoms with Crippen LogP contribution in [0.3, 0.4) is 0 Å². The maximum Gasteiger partial charge on any atom is 0.312 e. The molecule has 0 saturated carbocycles. The molecule has 102 valence electrons. The van der Waals surface area contributed by atoms with Gasteiger partial charge in [-0.1, -0.05) is 0 Å². The van der Waals surface area contributed by atoms with Crippen LogP contribution in [0.5, 0.6) is 0 Å². The number of nitrogens with zero attached hydrogens (tertiary/aromatic N) is 3. The lowest BCUT2D eigenvalue weighted by molar-refractivity contribution is -0.384. The molecule has 0 unspecified atom stereocenters. The average Bonchev–Trinajstić information content (AvgIpc) is 2.38. The number of anilines is 1. The van der Waals surface area contributed by atoms with Crippen molar-refractivity contribution in [1.82, 2.24) is 4.98 Å². The third kappa shape index (κ3) is 3.09. The van der Waals surface area contributed by atoms with Crippen molar-refractivity contribution < 1.29 is 9.72 Å². The third-order valence-corrected chi connectivity index (χ3v) is 3.81. The molecule has 0 spiro atoms. The summed E-state index contributed by atoms with van der Waals surface area (Å²) in [5.74, 6) is 0.652. The van der Waals surface area contributed by atoms with E-state index < -0.39 is 4.92 Å². The number of hydrogen-bond acceptors (Lipinski definition) is 5. The molecule has 0 radical (unpaired) electrons. The summed E-state index contributed by atoms with van der Waals surface area (Å²) in [5.41, 5.74) is -0.00403. The first-order valence-corrected chi connectivity index (χ1v) is 6.83. The first-order valence-electron chi connectivity index (χ1n) is 6.04. The number of hydrogen-bond donors (Lipinski definition) is 0. The minimum absolute atomic E-state index is 0.00403. The van der Waals surface area contributed by atoms with Crippen LogP contribution in [0.15, 0.2) is 16.7 Å². The fraction of sp³-hybridized carbons (Fsp3) is 0.500. The minimum Gasteiger partial charge on any atom is -0.351 e. The van der Waals surface area contributed by atoms with Crippen LogP contribution in [0.4, 0.5) is 11.5 Å². The first-order chi connectivity index (χ1) is 8.99. The van der Waals surface area contributed by atoms with Crippen molar-refractivity contribution in [2.75, 3.05) is 18.0 Å². The van der Waals surface area contributed by atoms with E-state index >= 15 is 0 Å². The number of halogens is 1. The molecular weight excluding hydrogens is 314 g/mol. The van der Waals surface area contributed by atoms with E-state index in [0.29, 0.717) is 23.4 Å². The quantitative estimate of drug-likeness (QED) is 0.629. The molecule has 1 saturated heterocycles. The highest BCUT2D eigenvalue weighted by atomic mass is 79.9. The van der Waals surface area contributed by atoms with Gasteiger partial charge in [0.15, 0.2) is 0 Å². The molecule has 2 rings (SSSR count). The van der Waals surface area contributed by atoms with Crippen LogP contribution >= 0.6 is 15.9 Å². The number of ketones is 1. The molecule has 1 aromatic rings. The zero-order valence-electron chi connectivity index (χ0n) is 10.5. The Morgan fingerprint density at radius 2 is 2.16 bits per heavy atom. The second-order valence-electron chi connectivity index (χ2n) is 4.63. The SMILES string of the molecule is CC(=O)C1CCN(c2ncc(Br)cc2[N+](=O)[O-])CC1. The molecule has 19 heavy (non-hydrogen) atoms. The van der Waals surface area contributed by atoms with Gasteiger partial charge in [-0.2, -0.15) is 0 Å². The number of carbonyl (C=O) groups excluding carboxylic acids is 1. The largest absolute Gasteiger partial charge is 0.351 e. The number of pyridine rings is 1.